The molecule has 0 saturated heterocycles. The first-order valence-corrected chi connectivity index (χ1v) is 25.9. The summed E-state index contributed by atoms with van der Waals surface area (Å²) in [5, 5.41) is 9.04. The molecule has 0 atom stereocenters. The molecule has 19 heteroatoms. The Hall–Kier alpha value is -9.71. The molecule has 17 nitrogen and oxygen atoms in total. The normalized spacial score (nSPS) is 10.0. The largest absolute Gasteiger partial charge is 0.494 e. The van der Waals surface area contributed by atoms with Crippen LogP contribution in [0.5, 0.6) is 17.2 Å². The Kier molecular flexibility index (Phi) is 25.2. The number of nitrogens with one attached hydrogen (secondary N) is 3. The van der Waals surface area contributed by atoms with Crippen LogP contribution in [-0.2, 0) is 20.9 Å². The molecule has 8 aromatic carbocycles. The van der Waals surface area contributed by atoms with Crippen LogP contribution in [0.4, 0.5) is 39.8 Å². The van der Waals surface area contributed by atoms with Crippen LogP contribution in [0.25, 0.3) is 0 Å². The maximum absolute atomic E-state index is 12.3. The molecule has 0 aliphatic heterocycles. The van der Waals surface area contributed by atoms with E-state index in [1.807, 2.05) is 48.5 Å². The van der Waals surface area contributed by atoms with Gasteiger partial charge in [-0.15, -0.1) is 0 Å². The summed E-state index contributed by atoms with van der Waals surface area (Å²) in [5.74, 6) is 0.207. The third-order valence-electron chi connectivity index (χ3n) is 10.9. The van der Waals surface area contributed by atoms with E-state index in [2.05, 4.69) is 27.6 Å². The van der Waals surface area contributed by atoms with Gasteiger partial charge >= 0.3 is 11.9 Å². The van der Waals surface area contributed by atoms with Gasteiger partial charge in [0.15, 0.2) is 5.75 Å². The van der Waals surface area contributed by atoms with Crippen molar-refractivity contribution in [3.05, 3.63) is 226 Å². The van der Waals surface area contributed by atoms with E-state index in [4.69, 9.17) is 65.1 Å². The van der Waals surface area contributed by atoms with Crippen molar-refractivity contribution in [1.29, 1.82) is 0 Å². The Morgan fingerprint density at radius 1 is 0.457 bits per heavy atom. The summed E-state index contributed by atoms with van der Waals surface area (Å²) >= 11 is 11.8. The molecule has 0 unspecified atom stereocenters. The van der Waals surface area contributed by atoms with Crippen molar-refractivity contribution in [2.45, 2.75) is 33.3 Å². The zero-order chi connectivity index (χ0) is 58.5. The minimum Gasteiger partial charge on any atom is -0.494 e. The van der Waals surface area contributed by atoms with Crippen molar-refractivity contribution in [3.8, 4) is 17.2 Å². The van der Waals surface area contributed by atoms with Crippen LogP contribution >= 0.6 is 23.2 Å². The number of ether oxygens (including phenoxy) is 5. The molecule has 11 N–H and O–H groups in total. The van der Waals surface area contributed by atoms with E-state index in [1.165, 1.54) is 32.2 Å². The number of nitrogen functional groups attached to an aromatic ring is 4. The highest BCUT2D eigenvalue weighted by Gasteiger charge is 2.13. The van der Waals surface area contributed by atoms with Gasteiger partial charge in [-0.3, -0.25) is 19.2 Å². The molecule has 0 aliphatic rings. The fraction of sp³-hybridized carbons (Fsp3) is 0.145. The van der Waals surface area contributed by atoms with Crippen LogP contribution in [0.3, 0.4) is 0 Å². The Morgan fingerprint density at radius 3 is 1.33 bits per heavy atom. The number of nitrogens with two attached hydrogens (primary N) is 4. The molecule has 0 spiro atoms. The lowest BCUT2D eigenvalue weighted by atomic mass is 10.1. The van der Waals surface area contributed by atoms with Gasteiger partial charge in [0, 0.05) is 63.4 Å². The summed E-state index contributed by atoms with van der Waals surface area (Å²) < 4.78 is 25.9. The maximum Gasteiger partial charge on any atom is 0.337 e. The van der Waals surface area contributed by atoms with Gasteiger partial charge in [0.25, 0.3) is 17.7 Å². The minimum absolute atomic E-state index is 0.145. The second-order valence-electron chi connectivity index (χ2n) is 17.3. The third-order valence-corrected chi connectivity index (χ3v) is 11.5. The van der Waals surface area contributed by atoms with E-state index in [-0.39, 0.29) is 36.9 Å². The minimum atomic E-state index is -0.480. The van der Waals surface area contributed by atoms with Crippen LogP contribution < -0.4 is 53.1 Å². The number of benzene rings is 8. The lowest BCUT2D eigenvalue weighted by molar-refractivity contribution is -0.141. The second kappa shape index (κ2) is 32.9. The number of halogens is 2. The van der Waals surface area contributed by atoms with Gasteiger partial charge in [0.2, 0.25) is 0 Å². The molecular weight excluding hydrogens is 1070 g/mol. The van der Waals surface area contributed by atoms with Gasteiger partial charge in [-0.2, -0.15) is 0 Å². The second-order valence-corrected chi connectivity index (χ2v) is 18.1. The molecule has 8 aromatic rings. The average Bonchev–Trinajstić information content (AvgIpc) is 3.50. The Balaban J connectivity index is 0.000000200. The maximum atomic E-state index is 12.3. The Morgan fingerprint density at radius 2 is 0.889 bits per heavy atom. The summed E-state index contributed by atoms with van der Waals surface area (Å²) in [6.07, 6.45) is 2.08. The molecule has 3 amide bonds. The molecule has 81 heavy (non-hydrogen) atoms. The van der Waals surface area contributed by atoms with Crippen molar-refractivity contribution in [3.63, 3.8) is 0 Å². The fourth-order valence-corrected chi connectivity index (χ4v) is 7.40. The number of methoxy groups -OCH3 is 1. The van der Waals surface area contributed by atoms with Gasteiger partial charge < -0.3 is 62.6 Å². The van der Waals surface area contributed by atoms with Gasteiger partial charge in [0.1, 0.15) is 31.3 Å². The van der Waals surface area contributed by atoms with Crippen molar-refractivity contribution in [2.24, 2.45) is 0 Å². The molecule has 0 saturated carbocycles. The van der Waals surface area contributed by atoms with E-state index in [1.54, 1.807) is 121 Å². The molecule has 0 heterocycles. The monoisotopic (exact) mass is 1140 g/mol. The quantitative estimate of drug-likeness (QED) is 0.0239. The van der Waals surface area contributed by atoms with Crippen molar-refractivity contribution >= 4 is 92.7 Å². The van der Waals surface area contributed by atoms with E-state index < -0.39 is 5.97 Å². The first-order valence-electron chi connectivity index (χ1n) is 25.2. The molecular formula is C62H63Cl2N7O10. The van der Waals surface area contributed by atoms with E-state index >= 15 is 0 Å². The Bertz CT molecular complexity index is 3290. The van der Waals surface area contributed by atoms with E-state index in [0.29, 0.717) is 103 Å². The van der Waals surface area contributed by atoms with Crippen LogP contribution in [0, 0.1) is 0 Å². The number of anilines is 7. The molecule has 8 rings (SSSR count). The molecule has 0 fully saturated rings. The predicted molar refractivity (Wildman–Crippen MR) is 321 cm³/mol. The van der Waals surface area contributed by atoms with Gasteiger partial charge in [0.05, 0.1) is 29.3 Å². The van der Waals surface area contributed by atoms with Crippen molar-refractivity contribution < 1.29 is 47.7 Å². The Labute approximate surface area is 480 Å². The molecule has 420 valence electrons. The average molecular weight is 1140 g/mol. The van der Waals surface area contributed by atoms with Crippen molar-refractivity contribution in [1.82, 2.24) is 0 Å². The zero-order valence-corrected chi connectivity index (χ0v) is 46.3. The molecule has 0 aromatic heterocycles. The number of rotatable bonds is 18. The number of hydrogen-bond donors (Lipinski definition) is 7. The van der Waals surface area contributed by atoms with Crippen LogP contribution in [0.15, 0.2) is 188 Å². The number of amides is 3. The number of carbonyl (C=O) groups excluding carboxylic acids is 5. The zero-order valence-electron chi connectivity index (χ0n) is 44.8. The number of esters is 2. The third kappa shape index (κ3) is 22.3. The topological polar surface area (TPSA) is 272 Å². The lowest BCUT2D eigenvalue weighted by Gasteiger charge is -2.10. The van der Waals surface area contributed by atoms with Gasteiger partial charge in [-0.05, 0) is 152 Å². The summed E-state index contributed by atoms with van der Waals surface area (Å²) in [5.41, 5.74) is 29.7. The number of carbonyl (C=O) groups is 5. The first kappa shape index (κ1) is 62.1. The number of unbranched alkanes of at least 4 members (excludes halogenated alkanes) is 1. The van der Waals surface area contributed by atoms with E-state index in [0.717, 1.165) is 18.4 Å². The number of hydrogen-bond acceptors (Lipinski definition) is 14. The molecule has 0 bridgehead atoms. The summed E-state index contributed by atoms with van der Waals surface area (Å²) in [7, 11) is 1.30. The van der Waals surface area contributed by atoms with Crippen LogP contribution in [0.2, 0.25) is 10.0 Å². The molecule has 0 radical (unpaired) electrons. The summed E-state index contributed by atoms with van der Waals surface area (Å²) in [6, 6.07) is 54.5. The highest BCUT2D eigenvalue weighted by atomic mass is 35.5. The lowest BCUT2D eigenvalue weighted by Crippen LogP contribution is -2.13. The van der Waals surface area contributed by atoms with Gasteiger partial charge in [-0.1, -0.05) is 85.1 Å². The summed E-state index contributed by atoms with van der Waals surface area (Å²) in [4.78, 5) is 58.5. The molecule has 0 aliphatic carbocycles. The predicted octanol–water partition coefficient (Wildman–Crippen LogP) is 12.6. The van der Waals surface area contributed by atoms with Crippen molar-refractivity contribution in [2.75, 3.05) is 65.8 Å². The van der Waals surface area contributed by atoms with Crippen LogP contribution in [0.1, 0.15) is 73.7 Å². The standard InChI is InChI=1S/C20H18N2O2.C17H20N2O2.C15H14N2O3.C10H11Cl2NO3/c21-17-9-11-18(12-10-17)22-20(23)16-7-4-8-19(13-16)24-14-15-5-2-1-3-6-15;1-2-3-11-21-16-6-4-5-13(12-16)17(20)19-15-9-7-14(18)8-10-15;1-20-15(19)11-4-2-3-10(9-11)14(18)17-13-7-5-12(16)6-8-13;1-6(14)15-2-3-16-10-8(11)4-7(13)5-9(10)12/h1-13H,14,21H2,(H,22,23);4-10,12H,2-3,11,18H2,1H3,(H,19,20);2-9H,16H2,1H3,(H,17,18);4-5H,2-3,13H2,1H3. The van der Waals surface area contributed by atoms with E-state index in [9.17, 15) is 24.0 Å². The highest BCUT2D eigenvalue weighted by molar-refractivity contribution is 6.37. The SMILES string of the molecule is CC(=O)OCCOc1c(Cl)cc(N)cc1Cl.CCCCOc1cccc(C(=O)Nc2ccc(N)cc2)c1.COC(=O)c1cccc(C(=O)Nc2ccc(N)cc2)c1.Nc1ccc(NC(=O)c2cccc(OCc3ccccc3)c2)cc1. The highest BCUT2D eigenvalue weighted by Crippen LogP contribution is 2.35. The van der Waals surface area contributed by atoms with Crippen LogP contribution in [-0.4, -0.2) is 56.6 Å². The van der Waals surface area contributed by atoms with Gasteiger partial charge in [-0.25, -0.2) is 4.79 Å². The summed E-state index contributed by atoms with van der Waals surface area (Å²) in [6.45, 7) is 4.89. The smallest absolute Gasteiger partial charge is 0.337 e. The fourth-order valence-electron chi connectivity index (χ4n) is 6.79. The first-order chi connectivity index (χ1) is 39.0.